The molecule has 0 aliphatic heterocycles. The summed E-state index contributed by atoms with van der Waals surface area (Å²) < 4.78 is 43.3. The van der Waals surface area contributed by atoms with E-state index in [-0.39, 0.29) is 25.4 Å². The minimum atomic E-state index is -4.12. The predicted octanol–water partition coefficient (Wildman–Crippen LogP) is 3.20. The molecule has 2 rings (SSSR count). The quantitative estimate of drug-likeness (QED) is 0.895. The Morgan fingerprint density at radius 1 is 1.40 bits per heavy atom. The van der Waals surface area contributed by atoms with Gasteiger partial charge < -0.3 is 14.8 Å². The lowest BCUT2D eigenvalue weighted by atomic mass is 9.85. The molecule has 0 spiro atoms. The minimum Gasteiger partial charge on any atom is -0.466 e. The van der Waals surface area contributed by atoms with Gasteiger partial charge in [0, 0.05) is 12.6 Å². The van der Waals surface area contributed by atoms with Crippen molar-refractivity contribution in [1.82, 2.24) is 5.32 Å². The van der Waals surface area contributed by atoms with Crippen LogP contribution in [0.2, 0.25) is 0 Å². The van der Waals surface area contributed by atoms with Gasteiger partial charge in [-0.2, -0.15) is 13.2 Å². The van der Waals surface area contributed by atoms with Crippen LogP contribution in [0, 0.1) is 5.92 Å². The lowest BCUT2D eigenvalue weighted by molar-refractivity contribution is -0.183. The third kappa shape index (κ3) is 3.76. The van der Waals surface area contributed by atoms with Crippen LogP contribution in [0.1, 0.15) is 38.4 Å². The van der Waals surface area contributed by atoms with Crippen LogP contribution in [0.15, 0.2) is 22.8 Å². The lowest BCUT2D eigenvalue weighted by Crippen LogP contribution is -2.44. The Morgan fingerprint density at radius 3 is 2.75 bits per heavy atom. The van der Waals surface area contributed by atoms with E-state index in [1.54, 1.807) is 19.1 Å². The molecule has 1 aliphatic rings. The fourth-order valence-electron chi connectivity index (χ4n) is 2.69. The van der Waals surface area contributed by atoms with Crippen LogP contribution in [0.5, 0.6) is 0 Å². The highest BCUT2D eigenvalue weighted by Gasteiger charge is 2.42. The SMILES string of the molecule is C[C@](O)(CN[C@H]1CCC[C@H](C(F)(F)F)C1)c1ccco1. The van der Waals surface area contributed by atoms with Gasteiger partial charge in [0.15, 0.2) is 0 Å². The Balaban J connectivity index is 1.88. The van der Waals surface area contributed by atoms with Crippen molar-refractivity contribution in [2.75, 3.05) is 6.54 Å². The van der Waals surface area contributed by atoms with E-state index in [1.807, 2.05) is 0 Å². The van der Waals surface area contributed by atoms with Crippen LogP contribution in [0.25, 0.3) is 0 Å². The molecule has 3 nitrogen and oxygen atoms in total. The van der Waals surface area contributed by atoms with Crippen LogP contribution >= 0.6 is 0 Å². The number of alkyl halides is 3. The second-order valence-corrected chi connectivity index (χ2v) is 5.73. The number of nitrogens with one attached hydrogen (secondary N) is 1. The Morgan fingerprint density at radius 2 is 2.15 bits per heavy atom. The molecular weight excluding hydrogens is 271 g/mol. The van der Waals surface area contributed by atoms with Gasteiger partial charge in [-0.05, 0) is 38.3 Å². The number of furan rings is 1. The fraction of sp³-hybridized carbons (Fsp3) is 0.714. The standard InChI is InChI=1S/C14H20F3NO2/c1-13(19,12-6-3-7-20-12)9-18-11-5-2-4-10(8-11)14(15,16)17/h3,6-7,10-11,18-19H,2,4-5,8-9H2,1H3/t10-,11-,13-/m0/s1. The summed E-state index contributed by atoms with van der Waals surface area (Å²) in [6.45, 7) is 1.76. The molecule has 1 aromatic heterocycles. The van der Waals surface area contributed by atoms with Gasteiger partial charge in [-0.1, -0.05) is 6.42 Å². The topological polar surface area (TPSA) is 45.4 Å². The van der Waals surface area contributed by atoms with E-state index in [2.05, 4.69) is 5.32 Å². The average molecular weight is 291 g/mol. The average Bonchev–Trinajstić information content (AvgIpc) is 2.90. The number of hydrogen-bond donors (Lipinski definition) is 2. The molecule has 6 heteroatoms. The monoisotopic (exact) mass is 291 g/mol. The lowest BCUT2D eigenvalue weighted by Gasteiger charge is -2.33. The van der Waals surface area contributed by atoms with Gasteiger partial charge in [0.1, 0.15) is 11.4 Å². The van der Waals surface area contributed by atoms with Crippen LogP contribution in [0.3, 0.4) is 0 Å². The molecule has 20 heavy (non-hydrogen) atoms. The van der Waals surface area contributed by atoms with Crippen molar-refractivity contribution in [3.05, 3.63) is 24.2 Å². The third-order valence-corrected chi connectivity index (χ3v) is 3.92. The maximum atomic E-state index is 12.7. The fourth-order valence-corrected chi connectivity index (χ4v) is 2.69. The summed E-state index contributed by atoms with van der Waals surface area (Å²) in [5, 5.41) is 13.3. The minimum absolute atomic E-state index is 0.0811. The highest BCUT2D eigenvalue weighted by Crippen LogP contribution is 2.37. The Kier molecular flexibility index (Phi) is 4.44. The summed E-state index contributed by atoms with van der Waals surface area (Å²) >= 11 is 0. The molecule has 0 aromatic carbocycles. The van der Waals surface area contributed by atoms with E-state index in [0.29, 0.717) is 18.6 Å². The van der Waals surface area contributed by atoms with E-state index < -0.39 is 17.7 Å². The first-order chi connectivity index (χ1) is 9.29. The predicted molar refractivity (Wildman–Crippen MR) is 68.1 cm³/mol. The van der Waals surface area contributed by atoms with Crippen molar-refractivity contribution in [3.63, 3.8) is 0 Å². The summed E-state index contributed by atoms with van der Waals surface area (Å²) in [4.78, 5) is 0. The highest BCUT2D eigenvalue weighted by molar-refractivity contribution is 5.08. The molecule has 1 heterocycles. The third-order valence-electron chi connectivity index (χ3n) is 3.92. The molecular formula is C14H20F3NO2. The van der Waals surface area contributed by atoms with E-state index in [9.17, 15) is 18.3 Å². The summed E-state index contributed by atoms with van der Waals surface area (Å²) in [5.74, 6) is -0.824. The van der Waals surface area contributed by atoms with E-state index in [1.165, 1.54) is 6.26 Å². The summed E-state index contributed by atoms with van der Waals surface area (Å²) in [7, 11) is 0. The van der Waals surface area contributed by atoms with Crippen LogP contribution in [-0.4, -0.2) is 23.9 Å². The Labute approximate surface area is 116 Å². The number of hydrogen-bond acceptors (Lipinski definition) is 3. The van der Waals surface area contributed by atoms with Crippen molar-refractivity contribution < 1.29 is 22.7 Å². The number of aliphatic hydroxyl groups is 1. The first-order valence-electron chi connectivity index (χ1n) is 6.85. The second-order valence-electron chi connectivity index (χ2n) is 5.73. The van der Waals surface area contributed by atoms with Gasteiger partial charge in [0.05, 0.1) is 12.2 Å². The number of rotatable bonds is 4. The molecule has 3 atom stereocenters. The molecule has 1 aliphatic carbocycles. The smallest absolute Gasteiger partial charge is 0.391 e. The summed E-state index contributed by atoms with van der Waals surface area (Å²) in [5.41, 5.74) is -1.21. The van der Waals surface area contributed by atoms with Gasteiger partial charge in [0.2, 0.25) is 0 Å². The van der Waals surface area contributed by atoms with Crippen molar-refractivity contribution in [1.29, 1.82) is 0 Å². The van der Waals surface area contributed by atoms with Crippen molar-refractivity contribution in [2.24, 2.45) is 5.92 Å². The molecule has 1 aromatic rings. The molecule has 2 N–H and O–H groups in total. The maximum Gasteiger partial charge on any atom is 0.391 e. The largest absolute Gasteiger partial charge is 0.466 e. The van der Waals surface area contributed by atoms with Crippen LogP contribution in [-0.2, 0) is 5.60 Å². The van der Waals surface area contributed by atoms with Crippen molar-refractivity contribution in [2.45, 2.75) is 50.4 Å². The molecule has 114 valence electrons. The Bertz CT molecular complexity index is 415. The van der Waals surface area contributed by atoms with Gasteiger partial charge in [-0.25, -0.2) is 0 Å². The normalized spacial score (nSPS) is 27.2. The maximum absolute atomic E-state index is 12.7. The Hall–Kier alpha value is -1.01. The first kappa shape index (κ1) is 15.4. The van der Waals surface area contributed by atoms with E-state index in [0.717, 1.165) is 0 Å². The van der Waals surface area contributed by atoms with Gasteiger partial charge in [-0.15, -0.1) is 0 Å². The number of halogens is 3. The molecule has 0 bridgehead atoms. The van der Waals surface area contributed by atoms with E-state index in [4.69, 9.17) is 4.42 Å². The van der Waals surface area contributed by atoms with E-state index >= 15 is 0 Å². The summed E-state index contributed by atoms with van der Waals surface area (Å²) in [6, 6.07) is 3.11. The molecule has 0 radical (unpaired) electrons. The molecule has 1 fully saturated rings. The van der Waals surface area contributed by atoms with Gasteiger partial charge in [-0.3, -0.25) is 0 Å². The van der Waals surface area contributed by atoms with Crippen molar-refractivity contribution >= 4 is 0 Å². The van der Waals surface area contributed by atoms with Crippen molar-refractivity contribution in [3.8, 4) is 0 Å². The zero-order chi connectivity index (χ0) is 14.8. The summed E-state index contributed by atoms with van der Waals surface area (Å²) in [6.07, 6.45) is -1.10. The van der Waals surface area contributed by atoms with Crippen LogP contribution < -0.4 is 5.32 Å². The second kappa shape index (κ2) is 5.77. The first-order valence-corrected chi connectivity index (χ1v) is 6.85. The highest BCUT2D eigenvalue weighted by atomic mass is 19.4. The molecule has 1 saturated carbocycles. The molecule has 0 unspecified atom stereocenters. The van der Waals surface area contributed by atoms with Crippen LogP contribution in [0.4, 0.5) is 13.2 Å². The molecule has 0 amide bonds. The van der Waals surface area contributed by atoms with Gasteiger partial charge >= 0.3 is 6.18 Å². The zero-order valence-electron chi connectivity index (χ0n) is 11.4. The molecule has 0 saturated heterocycles. The van der Waals surface area contributed by atoms with Gasteiger partial charge in [0.25, 0.3) is 0 Å². The zero-order valence-corrected chi connectivity index (χ0v) is 11.4.